The summed E-state index contributed by atoms with van der Waals surface area (Å²) in [7, 11) is 0. The predicted octanol–water partition coefficient (Wildman–Crippen LogP) is 4.57. The van der Waals surface area contributed by atoms with Crippen molar-refractivity contribution in [1.82, 2.24) is 0 Å². The molecule has 0 aliphatic heterocycles. The van der Waals surface area contributed by atoms with Gasteiger partial charge < -0.3 is 9.52 Å². The second-order valence-electron chi connectivity index (χ2n) is 3.29. The minimum absolute atomic E-state index is 0.0197. The third-order valence-electron chi connectivity index (χ3n) is 1.93. The van der Waals surface area contributed by atoms with Gasteiger partial charge in [-0.15, -0.1) is 0 Å². The predicted molar refractivity (Wildman–Crippen MR) is 59.0 cm³/mol. The van der Waals surface area contributed by atoms with Gasteiger partial charge in [-0.3, -0.25) is 0 Å². The molecule has 0 aromatic carbocycles. The first-order chi connectivity index (χ1) is 7.29. The van der Waals surface area contributed by atoms with Crippen LogP contribution in [0.3, 0.4) is 0 Å². The molecule has 0 aliphatic carbocycles. The van der Waals surface area contributed by atoms with Crippen LogP contribution in [0.4, 0.5) is 13.2 Å². The first kappa shape index (κ1) is 14.1. The molecule has 1 heterocycles. The number of furan rings is 1. The summed E-state index contributed by atoms with van der Waals surface area (Å²) in [4.78, 5) is 0. The van der Waals surface area contributed by atoms with Crippen LogP contribution in [-0.4, -0.2) is 11.3 Å². The van der Waals surface area contributed by atoms with Crippen LogP contribution >= 0.6 is 31.9 Å². The van der Waals surface area contributed by atoms with Crippen molar-refractivity contribution in [2.24, 2.45) is 0 Å². The van der Waals surface area contributed by atoms with E-state index in [-0.39, 0.29) is 18.6 Å². The summed E-state index contributed by atoms with van der Waals surface area (Å²) < 4.78 is 41.7. The van der Waals surface area contributed by atoms with Crippen molar-refractivity contribution in [1.29, 1.82) is 0 Å². The number of halogens is 5. The smallest absolute Gasteiger partial charge is 0.389 e. The summed E-state index contributed by atoms with van der Waals surface area (Å²) in [5.41, 5.74) is 0. The molecule has 0 bridgehead atoms. The van der Waals surface area contributed by atoms with Crippen molar-refractivity contribution in [3.05, 3.63) is 21.0 Å². The third kappa shape index (κ3) is 4.47. The molecule has 0 aliphatic rings. The van der Waals surface area contributed by atoms with E-state index in [0.29, 0.717) is 9.14 Å². The second-order valence-corrected chi connectivity index (χ2v) is 4.87. The molecule has 1 rings (SSSR count). The van der Waals surface area contributed by atoms with Gasteiger partial charge in [0.2, 0.25) is 0 Å². The largest absolute Gasteiger partial charge is 0.450 e. The average Bonchev–Trinajstić information content (AvgIpc) is 2.45. The average molecular weight is 366 g/mol. The van der Waals surface area contributed by atoms with E-state index in [4.69, 9.17) is 4.42 Å². The molecule has 0 saturated carbocycles. The third-order valence-corrected chi connectivity index (χ3v) is 3.64. The Hall–Kier alpha value is -0.0100. The molecular weight excluding hydrogens is 357 g/mol. The maximum absolute atomic E-state index is 11.9. The SMILES string of the molecule is OC(CCCC(F)(F)F)c1cc(Br)c(Br)o1. The molecule has 1 aromatic rings. The summed E-state index contributed by atoms with van der Waals surface area (Å²) in [6.45, 7) is 0. The molecule has 16 heavy (non-hydrogen) atoms. The molecule has 0 spiro atoms. The van der Waals surface area contributed by atoms with Crippen molar-refractivity contribution in [2.75, 3.05) is 0 Å². The number of hydrogen-bond acceptors (Lipinski definition) is 2. The molecule has 0 fully saturated rings. The van der Waals surface area contributed by atoms with E-state index in [1.165, 1.54) is 6.07 Å². The highest BCUT2D eigenvalue weighted by Gasteiger charge is 2.27. The lowest BCUT2D eigenvalue weighted by Crippen LogP contribution is -2.07. The summed E-state index contributed by atoms with van der Waals surface area (Å²) in [6, 6.07) is 1.53. The van der Waals surface area contributed by atoms with Crippen LogP contribution in [0.15, 0.2) is 19.6 Å². The minimum atomic E-state index is -4.18. The van der Waals surface area contributed by atoms with Crippen LogP contribution in [0.2, 0.25) is 0 Å². The van der Waals surface area contributed by atoms with Crippen LogP contribution in [0.1, 0.15) is 31.1 Å². The number of hydrogen-bond donors (Lipinski definition) is 1. The van der Waals surface area contributed by atoms with Crippen LogP contribution in [0, 0.1) is 0 Å². The fourth-order valence-corrected chi connectivity index (χ4v) is 1.77. The van der Waals surface area contributed by atoms with Crippen LogP contribution in [0.5, 0.6) is 0 Å². The molecule has 2 nitrogen and oxygen atoms in total. The molecule has 1 N–H and O–H groups in total. The Morgan fingerprint density at radius 3 is 2.44 bits per heavy atom. The number of alkyl halides is 3. The van der Waals surface area contributed by atoms with E-state index in [1.807, 2.05) is 0 Å². The Balaban J connectivity index is 2.44. The molecule has 7 heteroatoms. The van der Waals surface area contributed by atoms with Gasteiger partial charge in [-0.05, 0) is 50.8 Å². The molecule has 0 radical (unpaired) electrons. The van der Waals surface area contributed by atoms with Crippen molar-refractivity contribution < 1.29 is 22.7 Å². The summed E-state index contributed by atoms with van der Waals surface area (Å²) in [5, 5.41) is 9.55. The van der Waals surface area contributed by atoms with Gasteiger partial charge in [0, 0.05) is 6.42 Å². The lowest BCUT2D eigenvalue weighted by atomic mass is 10.1. The molecule has 1 aromatic heterocycles. The van der Waals surface area contributed by atoms with E-state index in [1.54, 1.807) is 0 Å². The molecule has 0 amide bonds. The summed E-state index contributed by atoms with van der Waals surface area (Å²) in [5.74, 6) is 0.251. The topological polar surface area (TPSA) is 33.4 Å². The Morgan fingerprint density at radius 2 is 2.00 bits per heavy atom. The zero-order chi connectivity index (χ0) is 12.3. The summed E-state index contributed by atoms with van der Waals surface area (Å²) in [6.07, 6.45) is -6.19. The van der Waals surface area contributed by atoms with E-state index in [0.717, 1.165) is 0 Å². The zero-order valence-corrected chi connectivity index (χ0v) is 11.2. The second kappa shape index (κ2) is 5.55. The normalized spacial score (nSPS) is 14.1. The van der Waals surface area contributed by atoms with E-state index in [9.17, 15) is 18.3 Å². The fraction of sp³-hybridized carbons (Fsp3) is 0.556. The van der Waals surface area contributed by atoms with Crippen molar-refractivity contribution in [3.8, 4) is 0 Å². The van der Waals surface area contributed by atoms with Gasteiger partial charge in [0.1, 0.15) is 11.9 Å². The van der Waals surface area contributed by atoms with Crippen molar-refractivity contribution >= 4 is 31.9 Å². The summed E-state index contributed by atoms with van der Waals surface area (Å²) >= 11 is 6.23. The van der Waals surface area contributed by atoms with Gasteiger partial charge in [0.05, 0.1) is 4.47 Å². The minimum Gasteiger partial charge on any atom is -0.450 e. The molecule has 92 valence electrons. The van der Waals surface area contributed by atoms with Gasteiger partial charge >= 0.3 is 6.18 Å². The highest BCUT2D eigenvalue weighted by atomic mass is 79.9. The highest BCUT2D eigenvalue weighted by Crippen LogP contribution is 2.32. The van der Waals surface area contributed by atoms with Crippen LogP contribution < -0.4 is 0 Å². The maximum atomic E-state index is 11.9. The lowest BCUT2D eigenvalue weighted by molar-refractivity contribution is -0.136. The monoisotopic (exact) mass is 364 g/mol. The molecule has 1 unspecified atom stereocenters. The van der Waals surface area contributed by atoms with E-state index < -0.39 is 18.7 Å². The van der Waals surface area contributed by atoms with Gasteiger partial charge in [0.25, 0.3) is 0 Å². The number of rotatable bonds is 4. The van der Waals surface area contributed by atoms with Gasteiger partial charge in [-0.1, -0.05) is 0 Å². The molecule has 0 saturated heterocycles. The number of aliphatic hydroxyl groups is 1. The Kier molecular flexibility index (Phi) is 4.88. The molecular formula is C9H9Br2F3O2. The van der Waals surface area contributed by atoms with Crippen LogP contribution in [-0.2, 0) is 0 Å². The first-order valence-corrected chi connectivity index (χ1v) is 6.08. The standard InChI is InChI=1S/C9H9Br2F3O2/c10-5-4-7(16-8(5)11)6(15)2-1-3-9(12,13)14/h4,6,15H,1-3H2. The van der Waals surface area contributed by atoms with Crippen molar-refractivity contribution in [3.63, 3.8) is 0 Å². The fourth-order valence-electron chi connectivity index (χ4n) is 1.17. The highest BCUT2D eigenvalue weighted by molar-refractivity contribution is 9.13. The van der Waals surface area contributed by atoms with E-state index >= 15 is 0 Å². The maximum Gasteiger partial charge on any atom is 0.389 e. The molecule has 1 atom stereocenters. The van der Waals surface area contributed by atoms with Gasteiger partial charge in [-0.2, -0.15) is 13.2 Å². The van der Waals surface area contributed by atoms with E-state index in [2.05, 4.69) is 31.9 Å². The number of aliphatic hydroxyl groups excluding tert-OH is 1. The van der Waals surface area contributed by atoms with Crippen LogP contribution in [0.25, 0.3) is 0 Å². The Morgan fingerprint density at radius 1 is 1.38 bits per heavy atom. The van der Waals surface area contributed by atoms with Gasteiger partial charge in [-0.25, -0.2) is 0 Å². The Bertz CT molecular complexity index is 330. The van der Waals surface area contributed by atoms with Crippen molar-refractivity contribution in [2.45, 2.75) is 31.5 Å². The Labute approximate surface area is 107 Å². The lowest BCUT2D eigenvalue weighted by Gasteiger charge is -2.09. The first-order valence-electron chi connectivity index (χ1n) is 4.49. The zero-order valence-electron chi connectivity index (χ0n) is 8.02. The van der Waals surface area contributed by atoms with Gasteiger partial charge in [0.15, 0.2) is 4.67 Å². The quantitative estimate of drug-likeness (QED) is 0.847.